The Labute approximate surface area is 132 Å². The topological polar surface area (TPSA) is 63.7 Å². The van der Waals surface area contributed by atoms with Crippen LogP contribution in [0.4, 0.5) is 0 Å². The summed E-state index contributed by atoms with van der Waals surface area (Å²) in [4.78, 5) is 11.8. The standard InChI is InChI=1S/C16H23NO4S/c1-4-21-16(18)14-5-7-15(8-6-14)22(19,20)17-10-12(2)9-13(3)11-17/h5-8,12-13H,4,9-11H2,1-3H3/t12-,13-/m0/s1. The lowest BCUT2D eigenvalue weighted by Crippen LogP contribution is -2.42. The van der Waals surface area contributed by atoms with Gasteiger partial charge in [0.15, 0.2) is 0 Å². The summed E-state index contributed by atoms with van der Waals surface area (Å²) >= 11 is 0. The van der Waals surface area contributed by atoms with Crippen molar-refractivity contribution in [3.8, 4) is 0 Å². The first-order valence-corrected chi connectivity index (χ1v) is 9.06. The zero-order valence-electron chi connectivity index (χ0n) is 13.3. The Balaban J connectivity index is 2.21. The molecule has 1 aliphatic rings. The predicted octanol–water partition coefficient (Wildman–Crippen LogP) is 2.53. The molecule has 122 valence electrons. The van der Waals surface area contributed by atoms with E-state index in [1.165, 1.54) is 24.3 Å². The van der Waals surface area contributed by atoms with Gasteiger partial charge in [-0.1, -0.05) is 13.8 Å². The molecular weight excluding hydrogens is 302 g/mol. The van der Waals surface area contributed by atoms with Crippen molar-refractivity contribution in [2.24, 2.45) is 11.8 Å². The van der Waals surface area contributed by atoms with E-state index in [2.05, 4.69) is 13.8 Å². The number of benzene rings is 1. The molecule has 5 nitrogen and oxygen atoms in total. The average molecular weight is 325 g/mol. The summed E-state index contributed by atoms with van der Waals surface area (Å²) in [5.41, 5.74) is 0.362. The van der Waals surface area contributed by atoms with Crippen molar-refractivity contribution < 1.29 is 17.9 Å². The maximum atomic E-state index is 12.7. The van der Waals surface area contributed by atoms with E-state index in [9.17, 15) is 13.2 Å². The number of carbonyl (C=O) groups is 1. The Bertz CT molecular complexity index is 614. The third-order valence-electron chi connectivity index (χ3n) is 3.84. The summed E-state index contributed by atoms with van der Waals surface area (Å²) in [6.45, 7) is 7.26. The van der Waals surface area contributed by atoms with Gasteiger partial charge in [-0.2, -0.15) is 4.31 Å². The summed E-state index contributed by atoms with van der Waals surface area (Å²) < 4.78 is 31.8. The van der Waals surface area contributed by atoms with Gasteiger partial charge in [-0.3, -0.25) is 0 Å². The molecule has 0 bridgehead atoms. The van der Waals surface area contributed by atoms with E-state index in [0.29, 0.717) is 37.1 Å². The van der Waals surface area contributed by atoms with Gasteiger partial charge in [0, 0.05) is 13.1 Å². The van der Waals surface area contributed by atoms with Crippen LogP contribution in [0.3, 0.4) is 0 Å². The number of esters is 1. The number of piperidine rings is 1. The van der Waals surface area contributed by atoms with Crippen LogP contribution in [0.2, 0.25) is 0 Å². The molecule has 1 saturated heterocycles. The smallest absolute Gasteiger partial charge is 0.338 e. The summed E-state index contributed by atoms with van der Waals surface area (Å²) in [6, 6.07) is 5.96. The molecule has 0 radical (unpaired) electrons. The lowest BCUT2D eigenvalue weighted by Gasteiger charge is -2.34. The minimum atomic E-state index is -3.50. The molecule has 1 aliphatic heterocycles. The monoisotopic (exact) mass is 325 g/mol. The fourth-order valence-electron chi connectivity index (χ4n) is 2.93. The maximum absolute atomic E-state index is 12.7. The molecule has 0 spiro atoms. The van der Waals surface area contributed by atoms with Crippen LogP contribution in [0.25, 0.3) is 0 Å². The highest BCUT2D eigenvalue weighted by molar-refractivity contribution is 7.89. The van der Waals surface area contributed by atoms with Crippen molar-refractivity contribution in [2.45, 2.75) is 32.1 Å². The van der Waals surface area contributed by atoms with E-state index in [1.807, 2.05) is 0 Å². The van der Waals surface area contributed by atoms with Crippen molar-refractivity contribution in [1.29, 1.82) is 0 Å². The van der Waals surface area contributed by atoms with Crippen molar-refractivity contribution in [1.82, 2.24) is 4.31 Å². The SMILES string of the molecule is CCOC(=O)c1ccc(S(=O)(=O)N2C[C@@H](C)C[C@H](C)C2)cc1. The molecule has 0 saturated carbocycles. The van der Waals surface area contributed by atoms with E-state index in [-0.39, 0.29) is 4.90 Å². The van der Waals surface area contributed by atoms with Crippen LogP contribution in [0.1, 0.15) is 37.6 Å². The number of rotatable bonds is 4. The van der Waals surface area contributed by atoms with Crippen LogP contribution in [-0.4, -0.2) is 38.4 Å². The van der Waals surface area contributed by atoms with Gasteiger partial charge in [0.05, 0.1) is 17.1 Å². The highest BCUT2D eigenvalue weighted by Gasteiger charge is 2.31. The number of hydrogen-bond acceptors (Lipinski definition) is 4. The molecule has 1 aromatic carbocycles. The van der Waals surface area contributed by atoms with Crippen LogP contribution in [-0.2, 0) is 14.8 Å². The Hall–Kier alpha value is -1.40. The zero-order chi connectivity index (χ0) is 16.3. The molecule has 6 heteroatoms. The second kappa shape index (κ2) is 6.79. The van der Waals surface area contributed by atoms with Gasteiger partial charge in [0.25, 0.3) is 0 Å². The van der Waals surface area contributed by atoms with Crippen LogP contribution in [0.5, 0.6) is 0 Å². The van der Waals surface area contributed by atoms with Gasteiger partial charge >= 0.3 is 5.97 Å². The summed E-state index contributed by atoms with van der Waals surface area (Å²) in [6.07, 6.45) is 1.05. The maximum Gasteiger partial charge on any atom is 0.338 e. The lowest BCUT2D eigenvalue weighted by molar-refractivity contribution is 0.0526. The van der Waals surface area contributed by atoms with E-state index in [4.69, 9.17) is 4.74 Å². The Morgan fingerprint density at radius 1 is 1.18 bits per heavy atom. The van der Waals surface area contributed by atoms with Gasteiger partial charge in [0.1, 0.15) is 0 Å². The molecule has 0 aliphatic carbocycles. The molecule has 1 fully saturated rings. The van der Waals surface area contributed by atoms with Gasteiger partial charge in [-0.05, 0) is 49.4 Å². The van der Waals surface area contributed by atoms with E-state index < -0.39 is 16.0 Å². The first-order valence-electron chi connectivity index (χ1n) is 7.62. The molecule has 2 atom stereocenters. The summed E-state index contributed by atoms with van der Waals surface area (Å²) in [5.74, 6) is 0.279. The molecule has 2 rings (SSSR count). The molecule has 1 aromatic rings. The summed E-state index contributed by atoms with van der Waals surface area (Å²) in [7, 11) is -3.50. The molecular formula is C16H23NO4S. The van der Waals surface area contributed by atoms with Crippen molar-refractivity contribution in [3.05, 3.63) is 29.8 Å². The van der Waals surface area contributed by atoms with Crippen molar-refractivity contribution in [2.75, 3.05) is 19.7 Å². The van der Waals surface area contributed by atoms with Crippen LogP contribution >= 0.6 is 0 Å². The third kappa shape index (κ3) is 3.67. The van der Waals surface area contributed by atoms with Crippen LogP contribution in [0.15, 0.2) is 29.2 Å². The second-order valence-electron chi connectivity index (χ2n) is 6.01. The molecule has 0 unspecified atom stereocenters. The predicted molar refractivity (Wildman–Crippen MR) is 84.1 cm³/mol. The quantitative estimate of drug-likeness (QED) is 0.798. The Morgan fingerprint density at radius 3 is 2.23 bits per heavy atom. The third-order valence-corrected chi connectivity index (χ3v) is 5.68. The fraction of sp³-hybridized carbons (Fsp3) is 0.562. The summed E-state index contributed by atoms with van der Waals surface area (Å²) in [5, 5.41) is 0. The molecule has 1 heterocycles. The van der Waals surface area contributed by atoms with E-state index >= 15 is 0 Å². The zero-order valence-corrected chi connectivity index (χ0v) is 14.1. The minimum Gasteiger partial charge on any atom is -0.462 e. The van der Waals surface area contributed by atoms with Crippen LogP contribution < -0.4 is 0 Å². The van der Waals surface area contributed by atoms with Gasteiger partial charge < -0.3 is 4.74 Å². The van der Waals surface area contributed by atoms with Crippen molar-refractivity contribution >= 4 is 16.0 Å². The first kappa shape index (κ1) is 17.0. The highest BCUT2D eigenvalue weighted by atomic mass is 32.2. The number of nitrogens with zero attached hydrogens (tertiary/aromatic N) is 1. The largest absolute Gasteiger partial charge is 0.462 e. The number of sulfonamides is 1. The lowest BCUT2D eigenvalue weighted by atomic mass is 9.94. The fourth-order valence-corrected chi connectivity index (χ4v) is 4.61. The van der Waals surface area contributed by atoms with Gasteiger partial charge in [-0.15, -0.1) is 0 Å². The highest BCUT2D eigenvalue weighted by Crippen LogP contribution is 2.26. The normalized spacial score (nSPS) is 23.2. The van der Waals surface area contributed by atoms with E-state index in [0.717, 1.165) is 6.42 Å². The van der Waals surface area contributed by atoms with Crippen LogP contribution in [0, 0.1) is 11.8 Å². The minimum absolute atomic E-state index is 0.224. The number of ether oxygens (including phenoxy) is 1. The van der Waals surface area contributed by atoms with Crippen molar-refractivity contribution in [3.63, 3.8) is 0 Å². The molecule has 0 amide bonds. The molecule has 0 N–H and O–H groups in total. The van der Waals surface area contributed by atoms with Gasteiger partial charge in [-0.25, -0.2) is 13.2 Å². The second-order valence-corrected chi connectivity index (χ2v) is 7.95. The average Bonchev–Trinajstić information content (AvgIpc) is 2.46. The molecule has 22 heavy (non-hydrogen) atoms. The number of hydrogen-bond donors (Lipinski definition) is 0. The Morgan fingerprint density at radius 2 is 1.73 bits per heavy atom. The first-order chi connectivity index (χ1) is 10.3. The number of carbonyl (C=O) groups excluding carboxylic acids is 1. The van der Waals surface area contributed by atoms with Gasteiger partial charge in [0.2, 0.25) is 10.0 Å². The van der Waals surface area contributed by atoms with E-state index in [1.54, 1.807) is 11.2 Å². The Kier molecular flexibility index (Phi) is 5.24. The molecule has 0 aromatic heterocycles.